The van der Waals surface area contributed by atoms with Gasteiger partial charge in [-0.2, -0.15) is 0 Å². The lowest BCUT2D eigenvalue weighted by Crippen LogP contribution is -1.99. The van der Waals surface area contributed by atoms with Crippen molar-refractivity contribution in [3.05, 3.63) is 103 Å². The molecule has 0 bridgehead atoms. The summed E-state index contributed by atoms with van der Waals surface area (Å²) in [5.74, 6) is 0.862. The summed E-state index contributed by atoms with van der Waals surface area (Å²) in [6, 6.07) is 20.8. The number of para-hydroxylation sites is 1. The van der Waals surface area contributed by atoms with Crippen LogP contribution in [0.25, 0.3) is 21.9 Å². The molecule has 0 aliphatic heterocycles. The predicted molar refractivity (Wildman–Crippen MR) is 146 cm³/mol. The van der Waals surface area contributed by atoms with Crippen molar-refractivity contribution in [2.24, 2.45) is 5.92 Å². The zero-order chi connectivity index (χ0) is 23.8. The number of thiazole rings is 1. The van der Waals surface area contributed by atoms with Gasteiger partial charge < -0.3 is 10.6 Å². The molecule has 6 rings (SSSR count). The molecule has 3 aromatic heterocycles. The summed E-state index contributed by atoms with van der Waals surface area (Å²) in [6.07, 6.45) is 9.97. The Kier molecular flexibility index (Phi) is 5.58. The molecule has 1 aliphatic carbocycles. The average Bonchev–Trinajstić information content (AvgIpc) is 3.40. The molecule has 3 heterocycles. The number of rotatable bonds is 8. The maximum Gasteiger partial charge on any atom is 0.187 e. The molecule has 0 unspecified atom stereocenters. The minimum Gasteiger partial charge on any atom is -0.355 e. The zero-order valence-electron chi connectivity index (χ0n) is 19.7. The number of anilines is 3. The van der Waals surface area contributed by atoms with Gasteiger partial charge in [-0.3, -0.25) is 4.40 Å². The second kappa shape index (κ2) is 9.04. The molecule has 0 atom stereocenters. The van der Waals surface area contributed by atoms with E-state index < -0.39 is 0 Å². The topological polar surface area (TPSA) is 54.2 Å². The molecule has 1 fully saturated rings. The summed E-state index contributed by atoms with van der Waals surface area (Å²) < 4.78 is 2.19. The molecule has 1 saturated carbocycles. The third-order valence-electron chi connectivity index (χ3n) is 6.46. The van der Waals surface area contributed by atoms with Crippen molar-refractivity contribution in [2.45, 2.75) is 26.2 Å². The molecule has 0 radical (unpaired) electrons. The van der Waals surface area contributed by atoms with E-state index in [0.29, 0.717) is 0 Å². The lowest BCUT2D eigenvalue weighted by Gasteiger charge is -2.12. The third kappa shape index (κ3) is 4.70. The Labute approximate surface area is 209 Å². The Hall–Kier alpha value is -3.90. The first-order valence-corrected chi connectivity index (χ1v) is 12.8. The Balaban J connectivity index is 1.16. The molecule has 6 heteroatoms. The van der Waals surface area contributed by atoms with Crippen molar-refractivity contribution in [3.8, 4) is 10.6 Å². The molecule has 0 saturated heterocycles. The number of imidazole rings is 1. The number of aryl methyl sites for hydroxylation is 1. The highest BCUT2D eigenvalue weighted by molar-refractivity contribution is 7.18. The highest BCUT2D eigenvalue weighted by Crippen LogP contribution is 2.34. The van der Waals surface area contributed by atoms with Crippen LogP contribution in [0.4, 0.5) is 16.5 Å². The lowest BCUT2D eigenvalue weighted by atomic mass is 10.1. The van der Waals surface area contributed by atoms with Crippen molar-refractivity contribution in [1.82, 2.24) is 14.4 Å². The van der Waals surface area contributed by atoms with Gasteiger partial charge in [0, 0.05) is 29.5 Å². The number of nitrogens with zero attached hydrogens (tertiary/aromatic N) is 3. The molecule has 1 aliphatic rings. The minimum atomic E-state index is 0.855. The number of benzene rings is 2. The summed E-state index contributed by atoms with van der Waals surface area (Å²) in [7, 11) is 0. The normalized spacial score (nSPS) is 13.2. The summed E-state index contributed by atoms with van der Waals surface area (Å²) in [5, 5.41) is 7.70. The van der Waals surface area contributed by atoms with Gasteiger partial charge in [0.25, 0.3) is 0 Å². The van der Waals surface area contributed by atoms with Crippen molar-refractivity contribution in [3.63, 3.8) is 0 Å². The number of aromatic nitrogens is 3. The maximum absolute atomic E-state index is 4.61. The first-order chi connectivity index (χ1) is 17.1. The van der Waals surface area contributed by atoms with E-state index in [9.17, 15) is 0 Å². The van der Waals surface area contributed by atoms with E-state index in [1.807, 2.05) is 24.5 Å². The fraction of sp³-hybridized carbons (Fsp3) is 0.172. The van der Waals surface area contributed by atoms with Crippen LogP contribution in [0.1, 0.15) is 29.5 Å². The van der Waals surface area contributed by atoms with Gasteiger partial charge in [0.2, 0.25) is 0 Å². The molecular formula is C29H27N5S. The smallest absolute Gasteiger partial charge is 0.187 e. The van der Waals surface area contributed by atoms with E-state index >= 15 is 0 Å². The highest BCUT2D eigenvalue weighted by atomic mass is 32.1. The van der Waals surface area contributed by atoms with E-state index in [1.165, 1.54) is 24.0 Å². The van der Waals surface area contributed by atoms with Gasteiger partial charge in [0.15, 0.2) is 5.13 Å². The first-order valence-electron chi connectivity index (χ1n) is 11.9. The average molecular weight is 478 g/mol. The van der Waals surface area contributed by atoms with Crippen LogP contribution in [0.3, 0.4) is 0 Å². The maximum atomic E-state index is 4.61. The fourth-order valence-corrected chi connectivity index (χ4v) is 5.10. The van der Waals surface area contributed by atoms with E-state index in [2.05, 4.69) is 93.2 Å². The molecule has 2 aromatic carbocycles. The van der Waals surface area contributed by atoms with E-state index in [0.717, 1.165) is 56.3 Å². The van der Waals surface area contributed by atoms with Gasteiger partial charge in [0.05, 0.1) is 16.8 Å². The van der Waals surface area contributed by atoms with E-state index in [4.69, 9.17) is 0 Å². The number of hydrogen-bond donors (Lipinski definition) is 2. The van der Waals surface area contributed by atoms with E-state index in [1.54, 1.807) is 11.3 Å². The third-order valence-corrected chi connectivity index (χ3v) is 7.40. The number of hydrogen-bond acceptors (Lipinski definition) is 5. The van der Waals surface area contributed by atoms with Crippen LogP contribution in [0.5, 0.6) is 0 Å². The summed E-state index contributed by atoms with van der Waals surface area (Å²) >= 11 is 1.63. The molecule has 5 aromatic rings. The van der Waals surface area contributed by atoms with Crippen LogP contribution in [0.2, 0.25) is 0 Å². The summed E-state index contributed by atoms with van der Waals surface area (Å²) in [4.78, 5) is 10.3. The summed E-state index contributed by atoms with van der Waals surface area (Å²) in [6.45, 7) is 6.30. The SMILES string of the molecule is C=C(Nc1ccccc1C)c1ccc(Nc2ncc(-c3cnc4ccc(CC5CC5)cn34)s2)cc1. The van der Waals surface area contributed by atoms with Crippen LogP contribution < -0.4 is 10.6 Å². The van der Waals surface area contributed by atoms with Crippen LogP contribution in [-0.2, 0) is 6.42 Å². The van der Waals surface area contributed by atoms with Crippen molar-refractivity contribution >= 4 is 39.2 Å². The highest BCUT2D eigenvalue weighted by Gasteiger charge is 2.22. The predicted octanol–water partition coefficient (Wildman–Crippen LogP) is 7.55. The van der Waals surface area contributed by atoms with Gasteiger partial charge >= 0.3 is 0 Å². The first kappa shape index (κ1) is 21.6. The number of nitrogens with one attached hydrogen (secondary N) is 2. The monoisotopic (exact) mass is 477 g/mol. The molecule has 2 N–H and O–H groups in total. The van der Waals surface area contributed by atoms with Gasteiger partial charge in [-0.1, -0.05) is 54.3 Å². The van der Waals surface area contributed by atoms with Gasteiger partial charge in [-0.15, -0.1) is 0 Å². The van der Waals surface area contributed by atoms with Crippen LogP contribution >= 0.6 is 11.3 Å². The second-order valence-corrected chi connectivity index (χ2v) is 10.2. The van der Waals surface area contributed by atoms with Gasteiger partial charge in [-0.05, 0) is 73.1 Å². The molecule has 0 amide bonds. The molecule has 174 valence electrons. The van der Waals surface area contributed by atoms with Gasteiger partial charge in [0.1, 0.15) is 5.65 Å². The number of pyridine rings is 1. The Bertz CT molecular complexity index is 1510. The second-order valence-electron chi connectivity index (χ2n) is 9.21. The number of fused-ring (bicyclic) bond motifs is 1. The van der Waals surface area contributed by atoms with Gasteiger partial charge in [-0.25, -0.2) is 9.97 Å². The van der Waals surface area contributed by atoms with Crippen molar-refractivity contribution in [1.29, 1.82) is 0 Å². The summed E-state index contributed by atoms with van der Waals surface area (Å²) in [5.41, 5.74) is 8.60. The Morgan fingerprint density at radius 2 is 1.86 bits per heavy atom. The van der Waals surface area contributed by atoms with Crippen molar-refractivity contribution in [2.75, 3.05) is 10.6 Å². The Morgan fingerprint density at radius 1 is 1.03 bits per heavy atom. The quantitative estimate of drug-likeness (QED) is 0.242. The minimum absolute atomic E-state index is 0.855. The Morgan fingerprint density at radius 3 is 2.66 bits per heavy atom. The standard InChI is InChI=1S/C29H27N5S/c1-19-5-3-4-6-25(19)32-20(2)23-10-12-24(13-11-23)33-29-31-17-27(35-29)26-16-30-28-14-9-22(18-34(26)28)15-21-7-8-21/h3-6,9-14,16-18,21,32H,2,7-8,15H2,1H3,(H,31,33). The van der Waals surface area contributed by atoms with Crippen LogP contribution in [-0.4, -0.2) is 14.4 Å². The lowest BCUT2D eigenvalue weighted by molar-refractivity contribution is 0.825. The van der Waals surface area contributed by atoms with E-state index in [-0.39, 0.29) is 0 Å². The fourth-order valence-electron chi connectivity index (χ4n) is 4.26. The molecular weight excluding hydrogens is 450 g/mol. The molecule has 0 spiro atoms. The largest absolute Gasteiger partial charge is 0.355 e. The van der Waals surface area contributed by atoms with Crippen LogP contribution in [0.15, 0.2) is 85.8 Å². The zero-order valence-corrected chi connectivity index (χ0v) is 20.5. The molecule has 5 nitrogen and oxygen atoms in total. The molecule has 35 heavy (non-hydrogen) atoms. The van der Waals surface area contributed by atoms with Crippen LogP contribution in [0, 0.1) is 12.8 Å². The van der Waals surface area contributed by atoms with Crippen molar-refractivity contribution < 1.29 is 0 Å².